The summed E-state index contributed by atoms with van der Waals surface area (Å²) in [5, 5.41) is 6.83. The minimum atomic E-state index is -3.97. The van der Waals surface area contributed by atoms with Crippen molar-refractivity contribution in [2.45, 2.75) is 133 Å². The number of rotatable bonds is 13. The average molecular weight is 885 g/mol. The van der Waals surface area contributed by atoms with Crippen molar-refractivity contribution in [3.05, 3.63) is 66.0 Å². The number of ether oxygens (including phenoxy) is 2. The lowest BCUT2D eigenvalue weighted by Gasteiger charge is -2.28. The SMILES string of the molecule is CCC(C)(C)c1nc2cc(S(=O)(=O)Cl)ccc2n1CC1CCOCC1.CCC(C)(C)c1nc2cc(S(=O)(=O)n3cc(C(=O)NC4CC4)cn3)ccc2n1CC1CCOCC1. The van der Waals surface area contributed by atoms with E-state index in [1.165, 1.54) is 12.4 Å². The van der Waals surface area contributed by atoms with Gasteiger partial charge in [0.1, 0.15) is 11.6 Å². The van der Waals surface area contributed by atoms with Crippen LogP contribution >= 0.6 is 10.7 Å². The van der Waals surface area contributed by atoms with E-state index in [-0.39, 0.29) is 38.1 Å². The molecule has 60 heavy (non-hydrogen) atoms. The molecule has 14 nitrogen and oxygen atoms in total. The fourth-order valence-electron chi connectivity index (χ4n) is 7.78. The van der Waals surface area contributed by atoms with Gasteiger partial charge in [0.15, 0.2) is 0 Å². The van der Waals surface area contributed by atoms with Crippen LogP contribution in [-0.4, -0.2) is 83.5 Å². The van der Waals surface area contributed by atoms with Gasteiger partial charge in [0.2, 0.25) is 0 Å². The first kappa shape index (κ1) is 44.2. The standard InChI is InChI=1S/C25H33N5O4S.C18H25ClN2O3S/c1-4-25(2,3)24-28-21-13-20(7-8-22(21)29(24)15-17-9-11-34-12-10-17)35(32,33)30-16-18(14-26-30)23(31)27-19-5-6-19;1-4-18(2,3)17-20-15-11-14(25(19,22)23)5-6-16(15)21(17)12-13-7-9-24-10-8-13/h7-8,13-14,16-17,19H,4-6,9-12,15H2,1-3H3,(H,27,31);5-6,11,13H,4,7-10,12H2,1-3H3. The summed E-state index contributed by atoms with van der Waals surface area (Å²) in [6.45, 7) is 17.9. The van der Waals surface area contributed by atoms with Gasteiger partial charge in [-0.15, -0.1) is 0 Å². The third-order valence-corrected chi connectivity index (χ3v) is 15.4. The second kappa shape index (κ2) is 17.5. The average Bonchev–Trinajstić information content (AvgIpc) is 3.58. The van der Waals surface area contributed by atoms with Gasteiger partial charge in [-0.2, -0.15) is 17.6 Å². The zero-order chi connectivity index (χ0) is 43.0. The summed E-state index contributed by atoms with van der Waals surface area (Å²) in [6.07, 6.45) is 10.4. The number of hydrogen-bond donors (Lipinski definition) is 1. The molecule has 1 aliphatic carbocycles. The molecule has 3 aliphatic rings. The number of carbonyl (C=O) groups is 1. The number of amides is 1. The molecular weight excluding hydrogens is 826 g/mol. The Bertz CT molecular complexity index is 2560. The Morgan fingerprint density at radius 3 is 1.67 bits per heavy atom. The molecule has 2 aromatic carbocycles. The molecule has 8 rings (SSSR count). The molecule has 2 aliphatic heterocycles. The highest BCUT2D eigenvalue weighted by Gasteiger charge is 2.31. The van der Waals surface area contributed by atoms with Gasteiger partial charge in [0.05, 0.1) is 49.8 Å². The Morgan fingerprint density at radius 2 is 1.22 bits per heavy atom. The number of nitrogens with one attached hydrogen (secondary N) is 1. The van der Waals surface area contributed by atoms with Crippen molar-refractivity contribution in [3.63, 3.8) is 0 Å². The highest BCUT2D eigenvalue weighted by molar-refractivity contribution is 8.13. The summed E-state index contributed by atoms with van der Waals surface area (Å²) in [5.74, 6) is 2.71. The van der Waals surface area contributed by atoms with E-state index in [1.54, 1.807) is 24.3 Å². The lowest BCUT2D eigenvalue weighted by Crippen LogP contribution is -2.26. The fourth-order valence-corrected chi connectivity index (χ4v) is 9.69. The van der Waals surface area contributed by atoms with Crippen LogP contribution in [0.2, 0.25) is 0 Å². The third-order valence-electron chi connectivity index (χ3n) is 12.5. The van der Waals surface area contributed by atoms with Crippen LogP contribution < -0.4 is 5.32 Å². The van der Waals surface area contributed by atoms with Crippen LogP contribution in [0.5, 0.6) is 0 Å². The molecule has 5 heterocycles. The maximum absolute atomic E-state index is 13.3. The summed E-state index contributed by atoms with van der Waals surface area (Å²) < 4.78 is 66.4. The maximum atomic E-state index is 13.3. The van der Waals surface area contributed by atoms with Gasteiger partial charge in [-0.05, 0) is 99.6 Å². The van der Waals surface area contributed by atoms with Gasteiger partial charge in [0.25, 0.3) is 25.0 Å². The molecule has 3 fully saturated rings. The van der Waals surface area contributed by atoms with Crippen molar-refractivity contribution >= 4 is 57.7 Å². The first-order chi connectivity index (χ1) is 28.4. The van der Waals surface area contributed by atoms with Crippen LogP contribution in [-0.2, 0) is 52.5 Å². The number of carbonyl (C=O) groups excluding carboxylic acids is 1. The maximum Gasteiger partial charge on any atom is 0.283 e. The topological polar surface area (TPSA) is 169 Å². The van der Waals surface area contributed by atoms with E-state index >= 15 is 0 Å². The highest BCUT2D eigenvalue weighted by Crippen LogP contribution is 2.35. The Morgan fingerprint density at radius 1 is 0.750 bits per heavy atom. The second-order valence-electron chi connectivity index (χ2n) is 17.8. The molecule has 0 spiro atoms. The highest BCUT2D eigenvalue weighted by atomic mass is 35.7. The summed E-state index contributed by atoms with van der Waals surface area (Å²) in [7, 11) is -2.23. The molecule has 5 aromatic rings. The molecular formula is C43H58ClN7O7S2. The lowest BCUT2D eigenvalue weighted by molar-refractivity contribution is 0.0609. The Balaban J connectivity index is 0.000000192. The van der Waals surface area contributed by atoms with Crippen LogP contribution in [0, 0.1) is 11.8 Å². The van der Waals surface area contributed by atoms with Crippen LogP contribution in [0.4, 0.5) is 0 Å². The molecule has 3 aromatic heterocycles. The van der Waals surface area contributed by atoms with Crippen molar-refractivity contribution in [2.75, 3.05) is 26.4 Å². The van der Waals surface area contributed by atoms with E-state index in [4.69, 9.17) is 30.1 Å². The molecule has 17 heteroatoms. The van der Waals surface area contributed by atoms with Crippen molar-refractivity contribution in [3.8, 4) is 0 Å². The van der Waals surface area contributed by atoms with Gasteiger partial charge in [-0.3, -0.25) is 4.79 Å². The predicted octanol–water partition coefficient (Wildman–Crippen LogP) is 7.55. The molecule has 0 atom stereocenters. The van der Waals surface area contributed by atoms with Gasteiger partial charge in [0, 0.05) is 67.1 Å². The molecule has 1 saturated carbocycles. The van der Waals surface area contributed by atoms with Crippen LogP contribution in [0.1, 0.15) is 115 Å². The molecule has 0 bridgehead atoms. The van der Waals surface area contributed by atoms with Gasteiger partial charge in [-0.25, -0.2) is 18.4 Å². The Hall–Kier alpha value is -3.83. The smallest absolute Gasteiger partial charge is 0.283 e. The van der Waals surface area contributed by atoms with E-state index in [9.17, 15) is 21.6 Å². The second-order valence-corrected chi connectivity index (χ2v) is 22.1. The van der Waals surface area contributed by atoms with Gasteiger partial charge in [-0.1, -0.05) is 41.5 Å². The van der Waals surface area contributed by atoms with Gasteiger partial charge < -0.3 is 23.9 Å². The van der Waals surface area contributed by atoms with E-state index < -0.39 is 19.1 Å². The van der Waals surface area contributed by atoms with Crippen LogP contribution in [0.3, 0.4) is 0 Å². The number of imidazole rings is 2. The first-order valence-electron chi connectivity index (χ1n) is 21.1. The minimum Gasteiger partial charge on any atom is -0.381 e. The summed E-state index contributed by atoms with van der Waals surface area (Å²) in [4.78, 5) is 22.2. The summed E-state index contributed by atoms with van der Waals surface area (Å²) in [5.41, 5.74) is 3.20. The molecule has 1 amide bonds. The number of benzene rings is 2. The summed E-state index contributed by atoms with van der Waals surface area (Å²) in [6, 6.07) is 10.2. The molecule has 0 radical (unpaired) electrons. The summed E-state index contributed by atoms with van der Waals surface area (Å²) >= 11 is 0. The van der Waals surface area contributed by atoms with Crippen molar-refractivity contribution in [2.24, 2.45) is 11.8 Å². The molecule has 1 N–H and O–H groups in total. The Kier molecular flexibility index (Phi) is 12.9. The normalized spacial score (nSPS) is 17.5. The van der Waals surface area contributed by atoms with E-state index in [1.807, 2.05) is 12.1 Å². The van der Waals surface area contributed by atoms with E-state index in [0.717, 1.165) is 118 Å². The zero-order valence-corrected chi connectivity index (χ0v) is 37.9. The quantitative estimate of drug-likeness (QED) is 0.117. The molecule has 326 valence electrons. The first-order valence-corrected chi connectivity index (χ1v) is 24.9. The van der Waals surface area contributed by atoms with Crippen LogP contribution in [0.25, 0.3) is 22.1 Å². The van der Waals surface area contributed by atoms with Gasteiger partial charge >= 0.3 is 0 Å². The van der Waals surface area contributed by atoms with E-state index in [2.05, 4.69) is 61.1 Å². The van der Waals surface area contributed by atoms with Crippen molar-refractivity contribution < 1.29 is 31.1 Å². The number of halogens is 1. The number of fused-ring (bicyclic) bond motifs is 2. The largest absolute Gasteiger partial charge is 0.381 e. The Labute approximate surface area is 357 Å². The fraction of sp³-hybridized carbons (Fsp3) is 0.581. The number of nitrogens with zero attached hydrogens (tertiary/aromatic N) is 6. The third kappa shape index (κ3) is 9.62. The lowest BCUT2D eigenvalue weighted by atomic mass is 9.89. The van der Waals surface area contributed by atoms with Crippen LogP contribution in [0.15, 0.2) is 58.6 Å². The zero-order valence-electron chi connectivity index (χ0n) is 35.5. The minimum absolute atomic E-state index is 0.0931. The van der Waals surface area contributed by atoms with E-state index in [0.29, 0.717) is 22.9 Å². The molecule has 0 unspecified atom stereocenters. The van der Waals surface area contributed by atoms with Crippen molar-refractivity contribution in [1.29, 1.82) is 0 Å². The molecule has 2 saturated heterocycles. The predicted molar refractivity (Wildman–Crippen MR) is 232 cm³/mol. The number of aromatic nitrogens is 6. The monoisotopic (exact) mass is 883 g/mol. The van der Waals surface area contributed by atoms with Crippen molar-refractivity contribution in [1.82, 2.24) is 33.6 Å². The number of hydrogen-bond acceptors (Lipinski definition) is 10.